The number of rotatable bonds is 3. The molecule has 0 radical (unpaired) electrons. The number of aromatic hydroxyl groups is 1. The van der Waals surface area contributed by atoms with Crippen LogP contribution in [-0.4, -0.2) is 41.7 Å². The minimum Gasteiger partial charge on any atom is -0.507 e. The number of fused-ring (bicyclic) bond motifs is 1. The number of phenols is 1. The Labute approximate surface area is 180 Å². The van der Waals surface area contributed by atoms with E-state index in [0.717, 1.165) is 52.7 Å². The molecule has 2 aliphatic heterocycles. The molecule has 1 fully saturated rings. The minimum atomic E-state index is -0.183. The van der Waals surface area contributed by atoms with Crippen molar-refractivity contribution in [3.63, 3.8) is 0 Å². The lowest BCUT2D eigenvalue weighted by molar-refractivity contribution is -0.0632. The molecule has 0 aliphatic carbocycles. The number of carbonyl (C=O) groups is 1. The highest BCUT2D eigenvalue weighted by Gasteiger charge is 2.36. The highest BCUT2D eigenvalue weighted by molar-refractivity contribution is 9.10. The van der Waals surface area contributed by atoms with Gasteiger partial charge in [0.25, 0.3) is 5.91 Å². The van der Waals surface area contributed by atoms with Gasteiger partial charge in [-0.05, 0) is 61.1 Å². The number of hydrogen-bond acceptors (Lipinski definition) is 4. The zero-order valence-electron chi connectivity index (χ0n) is 16.6. The van der Waals surface area contributed by atoms with Gasteiger partial charge < -0.3 is 20.5 Å². The summed E-state index contributed by atoms with van der Waals surface area (Å²) in [4.78, 5) is 14.7. The second-order valence-electron chi connectivity index (χ2n) is 8.04. The molecule has 4 rings (SSSR count). The number of nitrogens with zero attached hydrogens (tertiary/aromatic N) is 1. The molecule has 5 nitrogen and oxygen atoms in total. The smallest absolute Gasteiger partial charge is 0.253 e. The van der Waals surface area contributed by atoms with Gasteiger partial charge in [-0.2, -0.15) is 0 Å². The number of amides is 1. The third-order valence-corrected chi connectivity index (χ3v) is 6.80. The number of halogens is 1. The number of phenolic OH excluding ortho intramolecular Hbond substituents is 1. The van der Waals surface area contributed by atoms with Gasteiger partial charge in [-0.1, -0.05) is 28.1 Å². The fourth-order valence-electron chi connectivity index (χ4n) is 4.53. The fourth-order valence-corrected chi connectivity index (χ4v) is 4.79. The first-order valence-electron chi connectivity index (χ1n) is 10.2. The maximum Gasteiger partial charge on any atom is 0.253 e. The van der Waals surface area contributed by atoms with Gasteiger partial charge in [-0.15, -0.1) is 0 Å². The van der Waals surface area contributed by atoms with Crippen LogP contribution in [0.25, 0.3) is 0 Å². The molecular formula is C23H27BrN2O3. The third-order valence-electron chi connectivity index (χ3n) is 6.27. The van der Waals surface area contributed by atoms with Gasteiger partial charge in [0.2, 0.25) is 0 Å². The Hall–Kier alpha value is -1.89. The van der Waals surface area contributed by atoms with E-state index in [0.29, 0.717) is 24.6 Å². The summed E-state index contributed by atoms with van der Waals surface area (Å²) >= 11 is 3.41. The summed E-state index contributed by atoms with van der Waals surface area (Å²) < 4.78 is 7.31. The second kappa shape index (κ2) is 8.46. The molecule has 2 heterocycles. The number of aryl methyl sites for hydroxylation is 1. The van der Waals surface area contributed by atoms with Crippen LogP contribution in [-0.2, 0) is 11.2 Å². The number of piperidine rings is 1. The van der Waals surface area contributed by atoms with E-state index < -0.39 is 0 Å². The second-order valence-corrected chi connectivity index (χ2v) is 8.95. The van der Waals surface area contributed by atoms with E-state index in [1.54, 1.807) is 0 Å². The standard InChI is InChI=1S/C23H27BrN2O3/c1-14-2-7-18-19(22(14)27)12-20(29-21(18)13-25)15-8-10-26(11-9-15)23(28)16-3-5-17(24)6-4-16/h2-7,15,20-21,27H,8-13,25H2,1H3. The summed E-state index contributed by atoms with van der Waals surface area (Å²) in [6, 6.07) is 11.5. The normalized spacial score (nSPS) is 22.4. The van der Waals surface area contributed by atoms with Crippen molar-refractivity contribution in [2.45, 2.75) is 38.4 Å². The number of hydrogen-bond donors (Lipinski definition) is 2. The van der Waals surface area contributed by atoms with E-state index in [-0.39, 0.29) is 18.1 Å². The average Bonchev–Trinajstić information content (AvgIpc) is 2.76. The van der Waals surface area contributed by atoms with Crippen LogP contribution in [0.1, 0.15) is 46.0 Å². The van der Waals surface area contributed by atoms with Crippen molar-refractivity contribution >= 4 is 21.8 Å². The summed E-state index contributed by atoms with van der Waals surface area (Å²) in [5, 5.41) is 10.6. The first-order valence-corrected chi connectivity index (χ1v) is 11.0. The maximum absolute atomic E-state index is 12.8. The van der Waals surface area contributed by atoms with E-state index in [2.05, 4.69) is 15.9 Å². The van der Waals surface area contributed by atoms with Crippen LogP contribution < -0.4 is 5.73 Å². The van der Waals surface area contributed by atoms with Crippen LogP contribution in [0.2, 0.25) is 0 Å². The summed E-state index contributed by atoms with van der Waals surface area (Å²) in [5.41, 5.74) is 9.56. The Morgan fingerprint density at radius 2 is 1.90 bits per heavy atom. The molecule has 3 N–H and O–H groups in total. The van der Waals surface area contributed by atoms with Gasteiger partial charge >= 0.3 is 0 Å². The van der Waals surface area contributed by atoms with E-state index >= 15 is 0 Å². The van der Waals surface area contributed by atoms with Crippen LogP contribution in [0.4, 0.5) is 0 Å². The van der Waals surface area contributed by atoms with Gasteiger partial charge in [0.1, 0.15) is 5.75 Å². The fraction of sp³-hybridized carbons (Fsp3) is 0.435. The van der Waals surface area contributed by atoms with Gasteiger partial charge in [0.15, 0.2) is 0 Å². The molecule has 0 spiro atoms. The van der Waals surface area contributed by atoms with Crippen LogP contribution in [0, 0.1) is 12.8 Å². The highest BCUT2D eigenvalue weighted by Crippen LogP contribution is 2.40. The molecule has 0 bridgehead atoms. The van der Waals surface area contributed by atoms with E-state index in [1.807, 2.05) is 48.2 Å². The van der Waals surface area contributed by atoms with Gasteiger partial charge in [-0.25, -0.2) is 0 Å². The lowest BCUT2D eigenvalue weighted by Crippen LogP contribution is -2.44. The number of nitrogens with two attached hydrogens (primary N) is 1. The Morgan fingerprint density at radius 1 is 1.21 bits per heavy atom. The Bertz CT molecular complexity index is 892. The first-order chi connectivity index (χ1) is 14.0. The molecule has 2 unspecified atom stereocenters. The number of likely N-dealkylation sites (tertiary alicyclic amines) is 1. The van der Waals surface area contributed by atoms with Crippen molar-refractivity contribution in [1.82, 2.24) is 4.90 Å². The lowest BCUT2D eigenvalue weighted by atomic mass is 9.83. The molecule has 1 amide bonds. The zero-order chi connectivity index (χ0) is 20.5. The molecule has 2 aromatic carbocycles. The summed E-state index contributed by atoms with van der Waals surface area (Å²) in [6.07, 6.45) is 2.33. The SMILES string of the molecule is Cc1ccc2c(c1O)CC(C1CCN(C(=O)c3ccc(Br)cc3)CC1)OC2CN. The van der Waals surface area contributed by atoms with Crippen molar-refractivity contribution < 1.29 is 14.6 Å². The van der Waals surface area contributed by atoms with Gasteiger partial charge in [0, 0.05) is 41.7 Å². The molecule has 1 saturated heterocycles. The van der Waals surface area contributed by atoms with Crippen LogP contribution in [0.15, 0.2) is 40.9 Å². The minimum absolute atomic E-state index is 0.0219. The van der Waals surface area contributed by atoms with Crippen molar-refractivity contribution in [3.8, 4) is 5.75 Å². The molecule has 2 aliphatic rings. The Morgan fingerprint density at radius 3 is 2.55 bits per heavy atom. The molecule has 0 saturated carbocycles. The number of benzene rings is 2. The van der Waals surface area contributed by atoms with Crippen molar-refractivity contribution in [3.05, 3.63) is 63.1 Å². The van der Waals surface area contributed by atoms with E-state index in [4.69, 9.17) is 10.5 Å². The van der Waals surface area contributed by atoms with Crippen LogP contribution >= 0.6 is 15.9 Å². The van der Waals surface area contributed by atoms with Gasteiger partial charge in [-0.3, -0.25) is 4.79 Å². The molecule has 2 atom stereocenters. The zero-order valence-corrected chi connectivity index (χ0v) is 18.2. The van der Waals surface area contributed by atoms with Gasteiger partial charge in [0.05, 0.1) is 12.2 Å². The topological polar surface area (TPSA) is 75.8 Å². The summed E-state index contributed by atoms with van der Waals surface area (Å²) in [5.74, 6) is 0.808. The average molecular weight is 459 g/mol. The molecule has 29 heavy (non-hydrogen) atoms. The van der Waals surface area contributed by atoms with Crippen molar-refractivity contribution in [2.75, 3.05) is 19.6 Å². The van der Waals surface area contributed by atoms with E-state index in [1.165, 1.54) is 0 Å². The maximum atomic E-state index is 12.8. The molecule has 0 aromatic heterocycles. The Balaban J connectivity index is 1.44. The van der Waals surface area contributed by atoms with Crippen molar-refractivity contribution in [2.24, 2.45) is 11.7 Å². The molecule has 6 heteroatoms. The van der Waals surface area contributed by atoms with Crippen LogP contribution in [0.3, 0.4) is 0 Å². The number of carbonyl (C=O) groups excluding carboxylic acids is 1. The quantitative estimate of drug-likeness (QED) is 0.729. The Kier molecular flexibility index (Phi) is 5.95. The highest BCUT2D eigenvalue weighted by atomic mass is 79.9. The molecular weight excluding hydrogens is 432 g/mol. The van der Waals surface area contributed by atoms with Crippen LogP contribution in [0.5, 0.6) is 5.75 Å². The van der Waals surface area contributed by atoms with Crippen molar-refractivity contribution in [1.29, 1.82) is 0 Å². The third kappa shape index (κ3) is 4.06. The van der Waals surface area contributed by atoms with E-state index in [9.17, 15) is 9.90 Å². The summed E-state index contributed by atoms with van der Waals surface area (Å²) in [6.45, 7) is 3.76. The number of ether oxygens (including phenoxy) is 1. The lowest BCUT2D eigenvalue weighted by Gasteiger charge is -2.40. The molecule has 154 valence electrons. The summed E-state index contributed by atoms with van der Waals surface area (Å²) in [7, 11) is 0. The first kappa shape index (κ1) is 20.4. The monoisotopic (exact) mass is 458 g/mol. The predicted molar refractivity (Wildman–Crippen MR) is 116 cm³/mol. The largest absolute Gasteiger partial charge is 0.507 e. The predicted octanol–water partition coefficient (Wildman–Crippen LogP) is 3.96. The molecule has 2 aromatic rings.